The molecule has 0 fully saturated rings. The molecule has 0 saturated heterocycles. The third kappa shape index (κ3) is 2.62. The van der Waals surface area contributed by atoms with Crippen LogP contribution in [0.25, 0.3) is 0 Å². The Balaban J connectivity index is 0. The van der Waals surface area contributed by atoms with Crippen LogP contribution in [-0.4, -0.2) is 16.2 Å². The van der Waals surface area contributed by atoms with Gasteiger partial charge in [0.05, 0.1) is 0 Å². The van der Waals surface area contributed by atoms with Crippen molar-refractivity contribution < 1.29 is 15.0 Å². The number of carboxylic acids is 1. The van der Waals surface area contributed by atoms with Crippen molar-refractivity contribution in [2.24, 2.45) is 0 Å². The van der Waals surface area contributed by atoms with Crippen LogP contribution in [0, 0.1) is 0 Å². The number of aromatic carboxylic acids is 1. The van der Waals surface area contributed by atoms with Gasteiger partial charge in [0.15, 0.2) is 0 Å². The zero-order valence-electron chi connectivity index (χ0n) is 5.11. The van der Waals surface area contributed by atoms with Crippen LogP contribution in [0.3, 0.4) is 0 Å². The molecule has 0 atom stereocenters. The van der Waals surface area contributed by atoms with E-state index < -0.39 is 5.97 Å². The highest BCUT2D eigenvalue weighted by atomic mass is 16.4. The van der Waals surface area contributed by atoms with E-state index in [1.807, 2.05) is 0 Å². The summed E-state index contributed by atoms with van der Waals surface area (Å²) in [5.74, 6) is -1.31. The number of aromatic hydroxyl groups is 1. The molecule has 0 heterocycles. The maximum Gasteiger partial charge on any atom is 0.339 e. The van der Waals surface area contributed by atoms with Crippen molar-refractivity contribution in [1.29, 1.82) is 0 Å². The number of rotatable bonds is 1. The summed E-state index contributed by atoms with van der Waals surface area (Å²) in [6, 6.07) is 5.81. The van der Waals surface area contributed by atoms with Crippen LogP contribution < -0.4 is 0 Å². The van der Waals surface area contributed by atoms with Gasteiger partial charge in [0, 0.05) is 0 Å². The van der Waals surface area contributed by atoms with Crippen molar-refractivity contribution in [1.82, 2.24) is 0 Å². The molecule has 0 spiro atoms. The number of carboxylic acid groups (broad SMARTS) is 1. The van der Waals surface area contributed by atoms with Crippen LogP contribution in [-0.2, 0) is 0 Å². The summed E-state index contributed by atoms with van der Waals surface area (Å²) in [6.07, 6.45) is 0. The largest absolute Gasteiger partial charge is 0.507 e. The zero-order chi connectivity index (χ0) is 7.56. The molecule has 0 saturated carbocycles. The van der Waals surface area contributed by atoms with Gasteiger partial charge in [0.1, 0.15) is 11.3 Å². The molecule has 68 valence electrons. The van der Waals surface area contributed by atoms with Crippen LogP contribution in [0.1, 0.15) is 25.2 Å². The van der Waals surface area contributed by atoms with E-state index in [4.69, 9.17) is 10.2 Å². The molecule has 0 bridgehead atoms. The summed E-state index contributed by atoms with van der Waals surface area (Å²) in [5.41, 5.74) is -0.0671. The van der Waals surface area contributed by atoms with Gasteiger partial charge in [-0.25, -0.2) is 4.79 Å². The monoisotopic (exact) mass is 170 g/mol. The van der Waals surface area contributed by atoms with Crippen molar-refractivity contribution >= 4 is 5.97 Å². The second kappa shape index (κ2) is 5.18. The van der Waals surface area contributed by atoms with Crippen molar-refractivity contribution in [3.8, 4) is 5.75 Å². The summed E-state index contributed by atoms with van der Waals surface area (Å²) in [4.78, 5) is 10.3. The van der Waals surface area contributed by atoms with Gasteiger partial charge in [-0.15, -0.1) is 0 Å². The quantitative estimate of drug-likeness (QED) is 0.680. The smallest absolute Gasteiger partial charge is 0.339 e. The van der Waals surface area contributed by atoms with E-state index in [0.717, 1.165) is 0 Å². The molecule has 0 aliphatic rings. The first-order valence-electron chi connectivity index (χ1n) is 2.73. The van der Waals surface area contributed by atoms with Gasteiger partial charge in [-0.1, -0.05) is 27.0 Å². The highest BCUT2D eigenvalue weighted by Crippen LogP contribution is 2.14. The van der Waals surface area contributed by atoms with Crippen molar-refractivity contribution in [2.75, 3.05) is 0 Å². The second-order valence-electron chi connectivity index (χ2n) is 1.82. The Kier molecular flexibility index (Phi) is 5.66. The maximum atomic E-state index is 10.3. The predicted octanol–water partition coefficient (Wildman–Crippen LogP) is 2.36. The molecule has 3 nitrogen and oxygen atoms in total. The average molecular weight is 170 g/mol. The molecule has 1 aromatic carbocycles. The molecule has 0 aliphatic heterocycles. The summed E-state index contributed by atoms with van der Waals surface area (Å²) in [6.45, 7) is 0. The molecular weight excluding hydrogens is 156 g/mol. The van der Waals surface area contributed by atoms with E-state index in [1.54, 1.807) is 12.1 Å². The van der Waals surface area contributed by atoms with E-state index in [2.05, 4.69) is 0 Å². The van der Waals surface area contributed by atoms with Gasteiger partial charge >= 0.3 is 5.97 Å². The van der Waals surface area contributed by atoms with Crippen molar-refractivity contribution in [3.05, 3.63) is 29.8 Å². The maximum absolute atomic E-state index is 10.3. The van der Waals surface area contributed by atoms with Crippen LogP contribution in [0.4, 0.5) is 0 Å². The Labute approximate surface area is 72.3 Å². The zero-order valence-corrected chi connectivity index (χ0v) is 5.11. The third-order valence-electron chi connectivity index (χ3n) is 1.13. The Hall–Kier alpha value is -1.51. The fourth-order valence-corrected chi connectivity index (χ4v) is 0.654. The number of carbonyl (C=O) groups is 1. The van der Waals surface area contributed by atoms with Crippen LogP contribution in [0.15, 0.2) is 24.3 Å². The van der Waals surface area contributed by atoms with Gasteiger partial charge in [-0.3, -0.25) is 0 Å². The molecule has 0 amide bonds. The summed E-state index contributed by atoms with van der Waals surface area (Å²) in [5, 5.41) is 17.3. The van der Waals surface area contributed by atoms with E-state index in [9.17, 15) is 4.79 Å². The Morgan fingerprint density at radius 3 is 2.00 bits per heavy atom. The molecule has 1 rings (SSSR count). The predicted molar refractivity (Wildman–Crippen MR) is 48.5 cm³/mol. The number of benzene rings is 1. The molecule has 0 aliphatic carbocycles. The van der Waals surface area contributed by atoms with E-state index in [-0.39, 0.29) is 26.2 Å². The molecule has 12 heavy (non-hydrogen) atoms. The van der Waals surface area contributed by atoms with Crippen LogP contribution in [0.2, 0.25) is 0 Å². The molecule has 0 aromatic heterocycles. The highest BCUT2D eigenvalue weighted by molar-refractivity contribution is 5.90. The first-order valence-corrected chi connectivity index (χ1v) is 2.73. The molecule has 0 unspecified atom stereocenters. The average Bonchev–Trinajstić information content (AvgIpc) is 1.88. The second-order valence-corrected chi connectivity index (χ2v) is 1.82. The number of hydrogen-bond acceptors (Lipinski definition) is 2. The van der Waals surface area contributed by atoms with Crippen molar-refractivity contribution in [3.63, 3.8) is 0 Å². The first kappa shape index (κ1) is 13.1. The van der Waals surface area contributed by atoms with E-state index >= 15 is 0 Å². The lowest BCUT2D eigenvalue weighted by atomic mass is 10.2. The Bertz CT molecular complexity index is 256. The van der Waals surface area contributed by atoms with Gasteiger partial charge in [-0.05, 0) is 12.1 Å². The third-order valence-corrected chi connectivity index (χ3v) is 1.13. The standard InChI is InChI=1S/C7H6O3.2CH4/c8-6-4-2-1-3-5(6)7(9)10;;/h1-4,8H,(H,9,10);2*1H4. The molecular formula is C9H14O3. The topological polar surface area (TPSA) is 57.5 Å². The fourth-order valence-electron chi connectivity index (χ4n) is 0.654. The minimum Gasteiger partial charge on any atom is -0.507 e. The van der Waals surface area contributed by atoms with Gasteiger partial charge in [0.25, 0.3) is 0 Å². The van der Waals surface area contributed by atoms with Gasteiger partial charge in [-0.2, -0.15) is 0 Å². The lowest BCUT2D eigenvalue weighted by Gasteiger charge is -1.95. The van der Waals surface area contributed by atoms with E-state index in [1.165, 1.54) is 12.1 Å². The highest BCUT2D eigenvalue weighted by Gasteiger charge is 2.05. The minimum atomic E-state index is -1.11. The summed E-state index contributed by atoms with van der Waals surface area (Å²) in [7, 11) is 0. The Morgan fingerprint density at radius 2 is 1.67 bits per heavy atom. The molecule has 0 radical (unpaired) electrons. The first-order chi connectivity index (χ1) is 4.72. The minimum absolute atomic E-state index is 0. The SMILES string of the molecule is C.C.O=C(O)c1ccccc1O. The summed E-state index contributed by atoms with van der Waals surface area (Å²) < 4.78 is 0. The van der Waals surface area contributed by atoms with Gasteiger partial charge in [0.2, 0.25) is 0 Å². The number of para-hydroxylation sites is 1. The van der Waals surface area contributed by atoms with Gasteiger partial charge < -0.3 is 10.2 Å². The number of phenols is 1. The Morgan fingerprint density at radius 1 is 1.17 bits per heavy atom. The van der Waals surface area contributed by atoms with Crippen LogP contribution in [0.5, 0.6) is 5.75 Å². The van der Waals surface area contributed by atoms with Crippen molar-refractivity contribution in [2.45, 2.75) is 14.9 Å². The molecule has 1 aromatic rings. The fraction of sp³-hybridized carbons (Fsp3) is 0.222. The summed E-state index contributed by atoms with van der Waals surface area (Å²) >= 11 is 0. The van der Waals surface area contributed by atoms with Crippen LogP contribution >= 0.6 is 0 Å². The lowest BCUT2D eigenvalue weighted by molar-refractivity contribution is 0.0694. The lowest BCUT2D eigenvalue weighted by Crippen LogP contribution is -1.95. The normalized spacial score (nSPS) is 7.67. The molecule has 2 N–H and O–H groups in total. The number of hydrogen-bond donors (Lipinski definition) is 2. The molecule has 3 heteroatoms. The van der Waals surface area contributed by atoms with E-state index in [0.29, 0.717) is 0 Å².